The largest absolute Gasteiger partial charge is 0.317 e. The molecule has 3 aromatic rings. The molecule has 2 aromatic carbocycles. The third-order valence-corrected chi connectivity index (χ3v) is 5.45. The maximum atomic E-state index is 12.9. The quantitative estimate of drug-likeness (QED) is 0.464. The standard InChI is InChI=1S/C21H16N2OS2/c1-15-7-5-10-17(13-15)22-12-6-11-18(22)14-19-20(24)23(21(25)26-19)16-8-3-2-4-9-16/h2-14H,1H3/b19-14+. The van der Waals surface area contributed by atoms with Crippen LogP contribution in [-0.2, 0) is 4.79 Å². The lowest BCUT2D eigenvalue weighted by atomic mass is 10.2. The number of nitrogens with zero attached hydrogens (tertiary/aromatic N) is 2. The molecule has 1 fully saturated rings. The van der Waals surface area contributed by atoms with Crippen LogP contribution in [0, 0.1) is 6.92 Å². The molecule has 1 aliphatic rings. The molecule has 2 heterocycles. The van der Waals surface area contributed by atoms with Gasteiger partial charge in [0, 0.05) is 17.6 Å². The van der Waals surface area contributed by atoms with Gasteiger partial charge in [-0.05, 0) is 55.0 Å². The monoisotopic (exact) mass is 376 g/mol. The Morgan fingerprint density at radius 2 is 1.73 bits per heavy atom. The smallest absolute Gasteiger partial charge is 0.270 e. The van der Waals surface area contributed by atoms with Crippen LogP contribution in [0.15, 0.2) is 77.8 Å². The molecule has 0 bridgehead atoms. The summed E-state index contributed by atoms with van der Waals surface area (Å²) < 4.78 is 2.63. The molecule has 0 unspecified atom stereocenters. The Labute approximate surface area is 161 Å². The number of benzene rings is 2. The van der Waals surface area contributed by atoms with Crippen LogP contribution in [0.1, 0.15) is 11.3 Å². The molecule has 0 radical (unpaired) electrons. The van der Waals surface area contributed by atoms with Gasteiger partial charge in [-0.25, -0.2) is 0 Å². The zero-order valence-electron chi connectivity index (χ0n) is 14.1. The van der Waals surface area contributed by atoms with Crippen molar-refractivity contribution in [3.05, 3.63) is 89.1 Å². The fraction of sp³-hybridized carbons (Fsp3) is 0.0476. The third-order valence-electron chi connectivity index (χ3n) is 4.15. The van der Waals surface area contributed by atoms with Crippen molar-refractivity contribution in [3.8, 4) is 5.69 Å². The summed E-state index contributed by atoms with van der Waals surface area (Å²) in [5, 5.41) is 0. The van der Waals surface area contributed by atoms with E-state index in [1.807, 2.05) is 60.8 Å². The first-order valence-electron chi connectivity index (χ1n) is 8.21. The molecular formula is C21H16N2OS2. The Morgan fingerprint density at radius 1 is 0.962 bits per heavy atom. The van der Waals surface area contributed by atoms with Crippen LogP contribution < -0.4 is 4.90 Å². The van der Waals surface area contributed by atoms with Crippen molar-refractivity contribution in [3.63, 3.8) is 0 Å². The van der Waals surface area contributed by atoms with Gasteiger partial charge >= 0.3 is 0 Å². The van der Waals surface area contributed by atoms with Gasteiger partial charge in [-0.3, -0.25) is 9.69 Å². The zero-order chi connectivity index (χ0) is 18.1. The zero-order valence-corrected chi connectivity index (χ0v) is 15.8. The third kappa shape index (κ3) is 3.11. The second kappa shape index (κ2) is 6.94. The summed E-state index contributed by atoms with van der Waals surface area (Å²) in [6.07, 6.45) is 3.91. The SMILES string of the molecule is Cc1cccc(-n2cccc2/C=C2/SC(=S)N(c3ccccc3)C2=O)c1. The summed E-state index contributed by atoms with van der Waals surface area (Å²) in [6.45, 7) is 2.07. The Bertz CT molecular complexity index is 1020. The van der Waals surface area contributed by atoms with Gasteiger partial charge in [-0.1, -0.05) is 54.3 Å². The van der Waals surface area contributed by atoms with Crippen molar-refractivity contribution < 1.29 is 4.79 Å². The number of carbonyl (C=O) groups is 1. The molecular weight excluding hydrogens is 360 g/mol. The van der Waals surface area contributed by atoms with Gasteiger partial charge in [0.05, 0.1) is 10.6 Å². The predicted octanol–water partition coefficient (Wildman–Crippen LogP) is 5.19. The molecule has 0 atom stereocenters. The van der Waals surface area contributed by atoms with Gasteiger partial charge in [0.25, 0.3) is 5.91 Å². The molecule has 1 amide bonds. The van der Waals surface area contributed by atoms with Crippen molar-refractivity contribution in [2.45, 2.75) is 6.92 Å². The average molecular weight is 377 g/mol. The number of anilines is 1. The van der Waals surface area contributed by atoms with E-state index in [0.29, 0.717) is 9.23 Å². The number of thioether (sulfide) groups is 1. The lowest BCUT2D eigenvalue weighted by Gasteiger charge is -2.13. The normalized spacial score (nSPS) is 15.9. The molecule has 1 aliphatic heterocycles. The lowest BCUT2D eigenvalue weighted by molar-refractivity contribution is -0.113. The molecule has 0 spiro atoms. The maximum Gasteiger partial charge on any atom is 0.270 e. The summed E-state index contributed by atoms with van der Waals surface area (Å²) in [6, 6.07) is 21.8. The van der Waals surface area contributed by atoms with Gasteiger partial charge in [0.1, 0.15) is 0 Å². The maximum absolute atomic E-state index is 12.9. The van der Waals surface area contributed by atoms with Crippen LogP contribution >= 0.6 is 24.0 Å². The summed E-state index contributed by atoms with van der Waals surface area (Å²) in [4.78, 5) is 15.1. The van der Waals surface area contributed by atoms with E-state index in [-0.39, 0.29) is 5.91 Å². The van der Waals surface area contributed by atoms with Gasteiger partial charge in [-0.2, -0.15) is 0 Å². The van der Waals surface area contributed by atoms with E-state index in [9.17, 15) is 4.79 Å². The van der Waals surface area contributed by atoms with Crippen molar-refractivity contribution in [2.75, 3.05) is 4.90 Å². The first-order valence-corrected chi connectivity index (χ1v) is 9.43. The number of rotatable bonds is 3. The highest BCUT2D eigenvalue weighted by Gasteiger charge is 2.33. The molecule has 128 valence electrons. The van der Waals surface area contributed by atoms with E-state index < -0.39 is 0 Å². The van der Waals surface area contributed by atoms with E-state index in [4.69, 9.17) is 12.2 Å². The minimum Gasteiger partial charge on any atom is -0.317 e. The number of thiocarbonyl (C=S) groups is 1. The van der Waals surface area contributed by atoms with Crippen LogP contribution in [-0.4, -0.2) is 14.8 Å². The summed E-state index contributed by atoms with van der Waals surface area (Å²) >= 11 is 6.77. The van der Waals surface area contributed by atoms with Crippen molar-refractivity contribution >= 4 is 46.0 Å². The number of aryl methyl sites for hydroxylation is 1. The number of hydrogen-bond acceptors (Lipinski definition) is 3. The Kier molecular flexibility index (Phi) is 4.49. The van der Waals surface area contributed by atoms with Gasteiger partial charge in [0.2, 0.25) is 0 Å². The summed E-state index contributed by atoms with van der Waals surface area (Å²) in [7, 11) is 0. The number of para-hydroxylation sites is 1. The first-order chi connectivity index (χ1) is 12.6. The molecule has 4 rings (SSSR count). The summed E-state index contributed by atoms with van der Waals surface area (Å²) in [5.41, 5.74) is 4.01. The van der Waals surface area contributed by atoms with Crippen LogP contribution in [0.25, 0.3) is 11.8 Å². The van der Waals surface area contributed by atoms with Crippen LogP contribution in [0.2, 0.25) is 0 Å². The molecule has 1 aromatic heterocycles. The molecule has 0 saturated carbocycles. The van der Waals surface area contributed by atoms with Crippen molar-refractivity contribution in [2.24, 2.45) is 0 Å². The first kappa shape index (κ1) is 16.8. The van der Waals surface area contributed by atoms with Gasteiger partial charge in [-0.15, -0.1) is 0 Å². The number of amides is 1. The van der Waals surface area contributed by atoms with Crippen LogP contribution in [0.5, 0.6) is 0 Å². The average Bonchev–Trinajstić information content (AvgIpc) is 3.21. The number of carbonyl (C=O) groups excluding carboxylic acids is 1. The molecule has 1 saturated heterocycles. The molecule has 26 heavy (non-hydrogen) atoms. The highest BCUT2D eigenvalue weighted by atomic mass is 32.2. The molecule has 5 heteroatoms. The number of aromatic nitrogens is 1. The minimum absolute atomic E-state index is 0.0804. The predicted molar refractivity (Wildman–Crippen MR) is 113 cm³/mol. The van der Waals surface area contributed by atoms with E-state index >= 15 is 0 Å². The van der Waals surface area contributed by atoms with Crippen LogP contribution in [0.4, 0.5) is 5.69 Å². The van der Waals surface area contributed by atoms with E-state index in [0.717, 1.165) is 17.1 Å². The van der Waals surface area contributed by atoms with E-state index in [1.165, 1.54) is 17.3 Å². The Morgan fingerprint density at radius 3 is 2.50 bits per heavy atom. The van der Waals surface area contributed by atoms with Gasteiger partial charge in [0.15, 0.2) is 4.32 Å². The summed E-state index contributed by atoms with van der Waals surface area (Å²) in [5.74, 6) is -0.0804. The topological polar surface area (TPSA) is 25.2 Å². The molecule has 0 aliphatic carbocycles. The van der Waals surface area contributed by atoms with Crippen molar-refractivity contribution in [1.29, 1.82) is 0 Å². The van der Waals surface area contributed by atoms with E-state index in [2.05, 4.69) is 29.7 Å². The Balaban J connectivity index is 1.70. The van der Waals surface area contributed by atoms with E-state index in [1.54, 1.807) is 4.90 Å². The lowest BCUT2D eigenvalue weighted by Crippen LogP contribution is -2.27. The highest BCUT2D eigenvalue weighted by Crippen LogP contribution is 2.36. The van der Waals surface area contributed by atoms with Gasteiger partial charge < -0.3 is 4.57 Å². The van der Waals surface area contributed by atoms with Crippen molar-refractivity contribution in [1.82, 2.24) is 4.57 Å². The van der Waals surface area contributed by atoms with Crippen LogP contribution in [0.3, 0.4) is 0 Å². The fourth-order valence-corrected chi connectivity index (χ4v) is 4.21. The minimum atomic E-state index is -0.0804. The second-order valence-electron chi connectivity index (χ2n) is 5.99. The molecule has 0 N–H and O–H groups in total. The Hall–Kier alpha value is -2.63. The second-order valence-corrected chi connectivity index (χ2v) is 7.67. The molecule has 3 nitrogen and oxygen atoms in total. The fourth-order valence-electron chi connectivity index (χ4n) is 2.93. The number of hydrogen-bond donors (Lipinski definition) is 0. The highest BCUT2D eigenvalue weighted by molar-refractivity contribution is 8.27.